The van der Waals surface area contributed by atoms with Crippen LogP contribution in [0.1, 0.15) is 30.2 Å². The number of hydrogen-bond acceptors (Lipinski definition) is 4. The Kier molecular flexibility index (Phi) is 4.45. The zero-order chi connectivity index (χ0) is 17.3. The molecule has 0 radical (unpaired) electrons. The number of nitrogens with one attached hydrogen (secondary N) is 1. The van der Waals surface area contributed by atoms with E-state index in [1.165, 1.54) is 0 Å². The summed E-state index contributed by atoms with van der Waals surface area (Å²) in [7, 11) is -3.70. The van der Waals surface area contributed by atoms with Crippen molar-refractivity contribution in [3.05, 3.63) is 47.3 Å². The standard InChI is InChI=1S/C17H21N3O3S/c1-3-18-17(21)13-6-9-16-14(10-13)11-19-20(16)24(22,23)15-7-4-12(2)5-8-15/h4-5,7-8,11,13H,3,6,9-10H2,1-2H3,(H,18,21). The largest absolute Gasteiger partial charge is 0.356 e. The van der Waals surface area contributed by atoms with Gasteiger partial charge in [0.1, 0.15) is 0 Å². The van der Waals surface area contributed by atoms with Crippen molar-refractivity contribution in [2.24, 2.45) is 5.92 Å². The number of rotatable bonds is 4. The minimum absolute atomic E-state index is 0.0253. The molecule has 0 spiro atoms. The van der Waals surface area contributed by atoms with Crippen molar-refractivity contribution >= 4 is 15.9 Å². The summed E-state index contributed by atoms with van der Waals surface area (Å²) in [6.07, 6.45) is 3.27. The molecule has 0 fully saturated rings. The molecule has 2 aromatic rings. The van der Waals surface area contributed by atoms with Crippen LogP contribution in [-0.4, -0.2) is 30.1 Å². The first-order chi connectivity index (χ1) is 11.4. The summed E-state index contributed by atoms with van der Waals surface area (Å²) >= 11 is 0. The van der Waals surface area contributed by atoms with Gasteiger partial charge in [0, 0.05) is 12.5 Å². The lowest BCUT2D eigenvalue weighted by molar-refractivity contribution is -0.125. The number of carbonyl (C=O) groups is 1. The van der Waals surface area contributed by atoms with Crippen molar-refractivity contribution in [1.82, 2.24) is 14.5 Å². The highest BCUT2D eigenvalue weighted by molar-refractivity contribution is 7.89. The number of carbonyl (C=O) groups excluding carboxylic acids is 1. The van der Waals surface area contributed by atoms with E-state index in [4.69, 9.17) is 0 Å². The van der Waals surface area contributed by atoms with Gasteiger partial charge in [-0.05, 0) is 50.8 Å². The minimum Gasteiger partial charge on any atom is -0.356 e. The molecule has 0 saturated heterocycles. The molecule has 1 amide bonds. The molecule has 1 heterocycles. The lowest BCUT2D eigenvalue weighted by Gasteiger charge is -2.22. The SMILES string of the molecule is CCNC(=O)C1CCc2c(cnn2S(=O)(=O)c2ccc(C)cc2)C1. The van der Waals surface area contributed by atoms with E-state index in [0.717, 1.165) is 15.2 Å². The molecule has 3 rings (SSSR count). The maximum atomic E-state index is 12.8. The second-order valence-electron chi connectivity index (χ2n) is 6.11. The van der Waals surface area contributed by atoms with Crippen LogP contribution in [0.25, 0.3) is 0 Å². The van der Waals surface area contributed by atoms with Crippen LogP contribution < -0.4 is 5.32 Å². The summed E-state index contributed by atoms with van der Waals surface area (Å²) in [5.74, 6) is -0.0885. The van der Waals surface area contributed by atoms with Crippen molar-refractivity contribution in [2.45, 2.75) is 38.0 Å². The molecule has 0 aliphatic heterocycles. The van der Waals surface area contributed by atoms with E-state index in [1.54, 1.807) is 30.5 Å². The van der Waals surface area contributed by atoms with Crippen molar-refractivity contribution in [2.75, 3.05) is 6.54 Å². The molecule has 1 N–H and O–H groups in total. The summed E-state index contributed by atoms with van der Waals surface area (Å²) in [6.45, 7) is 4.40. The van der Waals surface area contributed by atoms with Crippen LogP contribution in [0, 0.1) is 12.8 Å². The van der Waals surface area contributed by atoms with Crippen LogP contribution in [-0.2, 0) is 27.7 Å². The third-order valence-electron chi connectivity index (χ3n) is 4.38. The summed E-state index contributed by atoms with van der Waals surface area (Å²) in [4.78, 5) is 12.2. The molecule has 1 aliphatic rings. The van der Waals surface area contributed by atoms with Gasteiger partial charge in [-0.25, -0.2) is 0 Å². The van der Waals surface area contributed by atoms with Crippen LogP contribution in [0.2, 0.25) is 0 Å². The Balaban J connectivity index is 1.91. The second-order valence-corrected chi connectivity index (χ2v) is 7.88. The van der Waals surface area contributed by atoms with Crippen LogP contribution in [0.15, 0.2) is 35.4 Å². The van der Waals surface area contributed by atoms with E-state index in [1.807, 2.05) is 13.8 Å². The van der Waals surface area contributed by atoms with E-state index in [2.05, 4.69) is 10.4 Å². The summed E-state index contributed by atoms with van der Waals surface area (Å²) in [6, 6.07) is 6.74. The first-order valence-corrected chi connectivity index (χ1v) is 9.53. The molecule has 1 atom stereocenters. The predicted molar refractivity (Wildman–Crippen MR) is 90.2 cm³/mol. The number of benzene rings is 1. The normalized spacial score (nSPS) is 17.3. The number of aryl methyl sites for hydroxylation is 1. The van der Waals surface area contributed by atoms with Gasteiger partial charge in [0.2, 0.25) is 5.91 Å². The Morgan fingerprint density at radius 3 is 2.71 bits per heavy atom. The fraction of sp³-hybridized carbons (Fsp3) is 0.412. The Morgan fingerprint density at radius 1 is 1.33 bits per heavy atom. The highest BCUT2D eigenvalue weighted by atomic mass is 32.2. The Morgan fingerprint density at radius 2 is 2.04 bits per heavy atom. The third kappa shape index (κ3) is 2.96. The van der Waals surface area contributed by atoms with Gasteiger partial charge in [0.05, 0.1) is 16.8 Å². The summed E-state index contributed by atoms with van der Waals surface area (Å²) in [5, 5.41) is 6.93. The molecule has 1 aromatic carbocycles. The highest BCUT2D eigenvalue weighted by Crippen LogP contribution is 2.28. The van der Waals surface area contributed by atoms with Gasteiger partial charge in [-0.1, -0.05) is 17.7 Å². The molecule has 1 aromatic heterocycles. The van der Waals surface area contributed by atoms with Crippen LogP contribution in [0.3, 0.4) is 0 Å². The van der Waals surface area contributed by atoms with Gasteiger partial charge >= 0.3 is 0 Å². The molecule has 6 nitrogen and oxygen atoms in total. The zero-order valence-electron chi connectivity index (χ0n) is 13.8. The maximum Gasteiger partial charge on any atom is 0.283 e. The summed E-state index contributed by atoms with van der Waals surface area (Å²) in [5.41, 5.74) is 2.53. The maximum absolute atomic E-state index is 12.8. The van der Waals surface area contributed by atoms with E-state index in [-0.39, 0.29) is 16.7 Å². The van der Waals surface area contributed by atoms with Gasteiger partial charge in [0.25, 0.3) is 10.0 Å². The van der Waals surface area contributed by atoms with E-state index >= 15 is 0 Å². The molecule has 128 valence electrons. The van der Waals surface area contributed by atoms with Gasteiger partial charge in [-0.2, -0.15) is 17.6 Å². The first kappa shape index (κ1) is 16.7. The second kappa shape index (κ2) is 6.39. The van der Waals surface area contributed by atoms with Crippen molar-refractivity contribution < 1.29 is 13.2 Å². The van der Waals surface area contributed by atoms with Crippen molar-refractivity contribution in [3.63, 3.8) is 0 Å². The Bertz CT molecular complexity index is 854. The number of nitrogens with zero attached hydrogens (tertiary/aromatic N) is 2. The number of aromatic nitrogens is 2. The van der Waals surface area contributed by atoms with Gasteiger partial charge in [0.15, 0.2) is 0 Å². The Labute approximate surface area is 141 Å². The Hall–Kier alpha value is -2.15. The predicted octanol–water partition coefficient (Wildman–Crippen LogP) is 1.67. The molecule has 7 heteroatoms. The smallest absolute Gasteiger partial charge is 0.283 e. The van der Waals surface area contributed by atoms with Gasteiger partial charge in [-0.15, -0.1) is 0 Å². The topological polar surface area (TPSA) is 81.1 Å². The molecular weight excluding hydrogens is 326 g/mol. The molecular formula is C17H21N3O3S. The highest BCUT2D eigenvalue weighted by Gasteiger charge is 2.30. The monoisotopic (exact) mass is 347 g/mol. The average molecular weight is 347 g/mol. The number of amides is 1. The first-order valence-electron chi connectivity index (χ1n) is 8.09. The average Bonchev–Trinajstić information content (AvgIpc) is 2.99. The van der Waals surface area contributed by atoms with Crippen molar-refractivity contribution in [3.8, 4) is 0 Å². The molecule has 24 heavy (non-hydrogen) atoms. The number of fused-ring (bicyclic) bond motifs is 1. The third-order valence-corrected chi connectivity index (χ3v) is 6.02. The zero-order valence-corrected chi connectivity index (χ0v) is 14.6. The van der Waals surface area contributed by atoms with Gasteiger partial charge < -0.3 is 5.32 Å². The minimum atomic E-state index is -3.70. The molecule has 0 saturated carbocycles. The molecule has 1 aliphatic carbocycles. The number of hydrogen-bond donors (Lipinski definition) is 1. The summed E-state index contributed by atoms with van der Waals surface area (Å²) < 4.78 is 26.8. The van der Waals surface area contributed by atoms with E-state index in [9.17, 15) is 13.2 Å². The van der Waals surface area contributed by atoms with Gasteiger partial charge in [-0.3, -0.25) is 4.79 Å². The molecule has 0 bridgehead atoms. The van der Waals surface area contributed by atoms with E-state index < -0.39 is 10.0 Å². The van der Waals surface area contributed by atoms with Crippen LogP contribution >= 0.6 is 0 Å². The fourth-order valence-corrected chi connectivity index (χ4v) is 4.40. The lowest BCUT2D eigenvalue weighted by atomic mass is 9.87. The van der Waals surface area contributed by atoms with Crippen LogP contribution in [0.5, 0.6) is 0 Å². The molecule has 1 unspecified atom stereocenters. The fourth-order valence-electron chi connectivity index (χ4n) is 3.05. The lowest BCUT2D eigenvalue weighted by Crippen LogP contribution is -2.34. The van der Waals surface area contributed by atoms with E-state index in [0.29, 0.717) is 31.5 Å². The van der Waals surface area contributed by atoms with Crippen LogP contribution in [0.4, 0.5) is 0 Å². The van der Waals surface area contributed by atoms with Crippen molar-refractivity contribution in [1.29, 1.82) is 0 Å². The quantitative estimate of drug-likeness (QED) is 0.912.